The Bertz CT molecular complexity index is 636. The van der Waals surface area contributed by atoms with Gasteiger partial charge in [0.2, 0.25) is 0 Å². The third kappa shape index (κ3) is 3.45. The van der Waals surface area contributed by atoms with Crippen LogP contribution in [0.1, 0.15) is 19.4 Å². The summed E-state index contributed by atoms with van der Waals surface area (Å²) < 4.78 is 0. The standard InChI is InChI=1S/C17H15.2ClH.Zr/c1-12-10-11-13(2)17(12)16-9-5-7-14-6-3-4-8-15(14)16;;;/h3-11H,1-2H3;2*1H;/q;;;+2/p-2. The fourth-order valence-electron chi connectivity index (χ4n) is 2.60. The molecule has 1 radical (unpaired) electrons. The number of halogens is 2. The summed E-state index contributed by atoms with van der Waals surface area (Å²) in [6, 6.07) is 15.1. The summed E-state index contributed by atoms with van der Waals surface area (Å²) in [5.74, 6) is 1.39. The van der Waals surface area contributed by atoms with Gasteiger partial charge in [-0.25, -0.2) is 0 Å². The zero-order chi connectivity index (χ0) is 14.5. The molecule has 3 heteroatoms. The molecule has 0 saturated carbocycles. The fraction of sp³-hybridized carbons (Fsp3) is 0.118. The molecule has 3 rings (SSSR count). The van der Waals surface area contributed by atoms with Crippen LogP contribution in [-0.4, -0.2) is 0 Å². The molecule has 2 aromatic rings. The van der Waals surface area contributed by atoms with Gasteiger partial charge in [-0.2, -0.15) is 0 Å². The van der Waals surface area contributed by atoms with Gasteiger partial charge in [-0.1, -0.05) is 65.8 Å². The number of fused-ring (bicyclic) bond motifs is 1. The van der Waals surface area contributed by atoms with Crippen molar-refractivity contribution in [3.05, 3.63) is 77.2 Å². The van der Waals surface area contributed by atoms with Crippen molar-refractivity contribution in [2.24, 2.45) is 0 Å². The number of hydrogen-bond donors (Lipinski definition) is 0. The number of rotatable bonds is 1. The first kappa shape index (κ1) is 16.0. The maximum absolute atomic E-state index is 4.93. The molecule has 0 spiro atoms. The van der Waals surface area contributed by atoms with E-state index in [0.29, 0.717) is 0 Å². The van der Waals surface area contributed by atoms with Crippen molar-refractivity contribution in [1.82, 2.24) is 0 Å². The average molecular weight is 381 g/mol. The zero-order valence-corrected chi connectivity index (χ0v) is 15.4. The molecule has 0 fully saturated rings. The Balaban J connectivity index is 0.000000452. The SMILES string of the molecule is CC1=CC=C(C)[C]1c1cccc2ccccc12.[Cl][Zr][Cl]. The predicted molar refractivity (Wildman–Crippen MR) is 85.5 cm³/mol. The van der Waals surface area contributed by atoms with Crippen molar-refractivity contribution in [2.45, 2.75) is 13.8 Å². The van der Waals surface area contributed by atoms with Gasteiger partial charge in [0.05, 0.1) is 5.92 Å². The van der Waals surface area contributed by atoms with E-state index in [-0.39, 0.29) is 0 Å². The van der Waals surface area contributed by atoms with Gasteiger partial charge < -0.3 is 0 Å². The van der Waals surface area contributed by atoms with Crippen LogP contribution in [0, 0.1) is 5.92 Å². The molecule has 20 heavy (non-hydrogen) atoms. The molecular weight excluding hydrogens is 366 g/mol. The summed E-state index contributed by atoms with van der Waals surface area (Å²) in [4.78, 5) is 0. The van der Waals surface area contributed by atoms with Gasteiger partial charge in [-0.05, 0) is 30.2 Å². The van der Waals surface area contributed by atoms with Crippen LogP contribution in [0.25, 0.3) is 10.8 Å². The van der Waals surface area contributed by atoms with E-state index >= 15 is 0 Å². The topological polar surface area (TPSA) is 0 Å². The molecule has 0 amide bonds. The van der Waals surface area contributed by atoms with Crippen molar-refractivity contribution in [1.29, 1.82) is 0 Å². The van der Waals surface area contributed by atoms with Gasteiger partial charge in [0.25, 0.3) is 0 Å². The Morgan fingerprint density at radius 3 is 2.00 bits per heavy atom. The van der Waals surface area contributed by atoms with Crippen molar-refractivity contribution >= 4 is 27.8 Å². The molecule has 0 atom stereocenters. The Hall–Kier alpha value is -0.357. The van der Waals surface area contributed by atoms with Crippen LogP contribution in [0.15, 0.2) is 65.8 Å². The molecule has 0 nitrogen and oxygen atoms in total. The number of allylic oxidation sites excluding steroid dienone is 4. The van der Waals surface area contributed by atoms with Gasteiger partial charge in [-0.15, -0.1) is 0 Å². The van der Waals surface area contributed by atoms with Gasteiger partial charge >= 0.3 is 37.9 Å². The fourth-order valence-corrected chi connectivity index (χ4v) is 2.60. The quantitative estimate of drug-likeness (QED) is 0.564. The molecule has 2 aromatic carbocycles. The van der Waals surface area contributed by atoms with Gasteiger partial charge in [-0.3, -0.25) is 0 Å². The Morgan fingerprint density at radius 2 is 1.35 bits per heavy atom. The monoisotopic (exact) mass is 379 g/mol. The van der Waals surface area contributed by atoms with E-state index in [2.05, 4.69) is 68.5 Å². The van der Waals surface area contributed by atoms with E-state index in [1.807, 2.05) is 0 Å². The summed E-state index contributed by atoms with van der Waals surface area (Å²) >= 11 is -0.826. The van der Waals surface area contributed by atoms with Crippen molar-refractivity contribution in [3.63, 3.8) is 0 Å². The minimum absolute atomic E-state index is 0.826. The predicted octanol–water partition coefficient (Wildman–Crippen LogP) is 6.05. The summed E-state index contributed by atoms with van der Waals surface area (Å²) in [5.41, 5.74) is 4.07. The van der Waals surface area contributed by atoms with E-state index < -0.39 is 20.8 Å². The molecule has 101 valence electrons. The molecule has 0 bridgehead atoms. The maximum atomic E-state index is 4.93. The van der Waals surface area contributed by atoms with Crippen LogP contribution in [0.4, 0.5) is 0 Å². The third-order valence-electron chi connectivity index (χ3n) is 3.43. The Kier molecular flexibility index (Phi) is 6.08. The minimum atomic E-state index is -0.826. The summed E-state index contributed by atoms with van der Waals surface area (Å²) in [5, 5.41) is 2.65. The molecule has 0 aliphatic heterocycles. The normalized spacial score (nSPS) is 14.4. The van der Waals surface area contributed by atoms with E-state index in [9.17, 15) is 0 Å². The Morgan fingerprint density at radius 1 is 0.800 bits per heavy atom. The molecule has 0 saturated heterocycles. The van der Waals surface area contributed by atoms with Crippen LogP contribution in [0.2, 0.25) is 0 Å². The first-order valence-corrected chi connectivity index (χ1v) is 12.7. The van der Waals surface area contributed by atoms with Crippen LogP contribution in [-0.2, 0) is 20.8 Å². The van der Waals surface area contributed by atoms with E-state index in [1.165, 1.54) is 33.4 Å². The molecule has 0 aromatic heterocycles. The third-order valence-corrected chi connectivity index (χ3v) is 3.43. The zero-order valence-electron chi connectivity index (χ0n) is 11.5. The Labute approximate surface area is 139 Å². The number of benzene rings is 2. The van der Waals surface area contributed by atoms with E-state index in [4.69, 9.17) is 17.0 Å². The average Bonchev–Trinajstić information content (AvgIpc) is 2.78. The first-order valence-electron chi connectivity index (χ1n) is 6.36. The van der Waals surface area contributed by atoms with Crippen LogP contribution >= 0.6 is 17.0 Å². The second-order valence-corrected chi connectivity index (χ2v) is 8.40. The second-order valence-electron chi connectivity index (χ2n) is 4.67. The van der Waals surface area contributed by atoms with Gasteiger partial charge in [0.15, 0.2) is 0 Å². The van der Waals surface area contributed by atoms with Crippen molar-refractivity contribution in [3.8, 4) is 0 Å². The van der Waals surface area contributed by atoms with Crippen LogP contribution in [0.5, 0.6) is 0 Å². The number of hydrogen-bond acceptors (Lipinski definition) is 0. The van der Waals surface area contributed by atoms with Crippen LogP contribution in [0.3, 0.4) is 0 Å². The molecule has 1 aliphatic carbocycles. The summed E-state index contributed by atoms with van der Waals surface area (Å²) in [6.07, 6.45) is 4.40. The van der Waals surface area contributed by atoms with Crippen molar-refractivity contribution < 1.29 is 20.8 Å². The molecular formula is C17H15Cl2Zr. The summed E-state index contributed by atoms with van der Waals surface area (Å²) in [6.45, 7) is 4.37. The van der Waals surface area contributed by atoms with Crippen LogP contribution < -0.4 is 0 Å². The van der Waals surface area contributed by atoms with Gasteiger partial charge in [0, 0.05) is 0 Å². The van der Waals surface area contributed by atoms with Gasteiger partial charge in [0.1, 0.15) is 0 Å². The molecule has 1 aliphatic rings. The first-order chi connectivity index (χ1) is 9.69. The van der Waals surface area contributed by atoms with E-state index in [1.54, 1.807) is 0 Å². The molecule has 0 heterocycles. The summed E-state index contributed by atoms with van der Waals surface area (Å²) in [7, 11) is 9.87. The molecule has 0 unspecified atom stereocenters. The molecule has 0 N–H and O–H groups in total. The van der Waals surface area contributed by atoms with E-state index in [0.717, 1.165) is 0 Å². The van der Waals surface area contributed by atoms with Crippen molar-refractivity contribution in [2.75, 3.05) is 0 Å². The second kappa shape index (κ2) is 7.59.